The number of aryl methyl sites for hydroxylation is 1. The van der Waals surface area contributed by atoms with Crippen LogP contribution in [0.25, 0.3) is 5.52 Å². The third-order valence-corrected chi connectivity index (χ3v) is 3.75. The lowest BCUT2D eigenvalue weighted by molar-refractivity contribution is 0.0999. The van der Waals surface area contributed by atoms with Crippen LogP contribution in [0, 0.1) is 6.92 Å². The minimum Gasteiger partial charge on any atom is -0.481 e. The predicted octanol–water partition coefficient (Wildman–Crippen LogP) is 1.79. The van der Waals surface area contributed by atoms with Gasteiger partial charge in [-0.15, -0.1) is 0 Å². The quantitative estimate of drug-likeness (QED) is 0.932. The Morgan fingerprint density at radius 1 is 1.52 bits per heavy atom. The first kappa shape index (κ1) is 13.4. The average Bonchev–Trinajstić information content (AvgIpc) is 2.92. The van der Waals surface area contributed by atoms with E-state index in [0.29, 0.717) is 11.4 Å². The molecule has 0 saturated heterocycles. The van der Waals surface area contributed by atoms with Crippen LogP contribution in [-0.4, -0.2) is 28.8 Å². The molecular weight excluding hydrogens is 268 g/mol. The fourth-order valence-electron chi connectivity index (χ4n) is 2.52. The number of aromatic nitrogens is 2. The molecule has 3 heterocycles. The summed E-state index contributed by atoms with van der Waals surface area (Å²) in [6.07, 6.45) is 8.12. The number of aliphatic imine (C=N–C) groups is 1. The molecular formula is C15H16N4O2. The average molecular weight is 284 g/mol. The molecule has 1 unspecified atom stereocenters. The van der Waals surface area contributed by atoms with Gasteiger partial charge in [0.25, 0.3) is 5.91 Å². The van der Waals surface area contributed by atoms with Crippen LogP contribution in [0.2, 0.25) is 0 Å². The van der Waals surface area contributed by atoms with Crippen LogP contribution in [0.15, 0.2) is 35.4 Å². The molecule has 21 heavy (non-hydrogen) atoms. The first-order valence-electron chi connectivity index (χ1n) is 6.66. The van der Waals surface area contributed by atoms with E-state index in [0.717, 1.165) is 23.1 Å². The van der Waals surface area contributed by atoms with Crippen molar-refractivity contribution in [1.29, 1.82) is 0 Å². The topological polar surface area (TPSA) is 82.0 Å². The van der Waals surface area contributed by atoms with Crippen LogP contribution in [-0.2, 0) is 4.74 Å². The highest BCUT2D eigenvalue weighted by atomic mass is 16.5. The van der Waals surface area contributed by atoms with Crippen LogP contribution in [0.4, 0.5) is 0 Å². The number of carbonyl (C=O) groups excluding carboxylic acids is 1. The largest absolute Gasteiger partial charge is 0.481 e. The van der Waals surface area contributed by atoms with E-state index >= 15 is 0 Å². The van der Waals surface area contributed by atoms with E-state index in [1.54, 1.807) is 11.6 Å². The first-order chi connectivity index (χ1) is 10.1. The summed E-state index contributed by atoms with van der Waals surface area (Å²) in [5.74, 6) is 0.361. The molecule has 1 aliphatic heterocycles. The van der Waals surface area contributed by atoms with Crippen molar-refractivity contribution in [3.05, 3.63) is 47.1 Å². The summed E-state index contributed by atoms with van der Waals surface area (Å²) < 4.78 is 6.85. The van der Waals surface area contributed by atoms with Crippen molar-refractivity contribution in [2.45, 2.75) is 19.3 Å². The summed E-state index contributed by atoms with van der Waals surface area (Å²) in [5, 5.41) is 4.24. The van der Waals surface area contributed by atoms with Crippen LogP contribution in [0.5, 0.6) is 0 Å². The van der Waals surface area contributed by atoms with Gasteiger partial charge in [-0.2, -0.15) is 5.10 Å². The van der Waals surface area contributed by atoms with E-state index in [2.05, 4.69) is 10.1 Å². The highest BCUT2D eigenvalue weighted by Gasteiger charge is 2.17. The Morgan fingerprint density at radius 3 is 2.95 bits per heavy atom. The van der Waals surface area contributed by atoms with Crippen molar-refractivity contribution in [2.24, 2.45) is 10.7 Å². The Bertz CT molecular complexity index is 773. The Kier molecular flexibility index (Phi) is 3.21. The molecule has 0 bridgehead atoms. The molecule has 2 aromatic rings. The van der Waals surface area contributed by atoms with Crippen molar-refractivity contribution in [3.63, 3.8) is 0 Å². The van der Waals surface area contributed by atoms with E-state index in [-0.39, 0.29) is 5.92 Å². The van der Waals surface area contributed by atoms with Gasteiger partial charge in [-0.3, -0.25) is 4.79 Å². The lowest BCUT2D eigenvalue weighted by Gasteiger charge is -2.12. The van der Waals surface area contributed by atoms with Crippen molar-refractivity contribution < 1.29 is 9.53 Å². The summed E-state index contributed by atoms with van der Waals surface area (Å²) in [5.41, 5.74) is 8.63. The standard InChI is InChI=1S/C15H16N4O2/c1-9-12(15(16)20)7-18-19-8-11(5-13(9)19)10-3-4-14(21-2)17-6-10/h4-8,10H,3H2,1-2H3,(H2,16,20). The first-order valence-corrected chi connectivity index (χ1v) is 6.66. The summed E-state index contributed by atoms with van der Waals surface area (Å²) >= 11 is 0. The van der Waals surface area contributed by atoms with Crippen LogP contribution in [0.3, 0.4) is 0 Å². The highest BCUT2D eigenvalue weighted by molar-refractivity contribution is 5.95. The third kappa shape index (κ3) is 2.29. The smallest absolute Gasteiger partial charge is 0.250 e. The van der Waals surface area contributed by atoms with Crippen LogP contribution < -0.4 is 5.73 Å². The third-order valence-electron chi connectivity index (χ3n) is 3.75. The van der Waals surface area contributed by atoms with Gasteiger partial charge in [0.05, 0.1) is 24.4 Å². The molecule has 108 valence electrons. The van der Waals surface area contributed by atoms with E-state index in [9.17, 15) is 4.79 Å². The zero-order chi connectivity index (χ0) is 15.0. The zero-order valence-electron chi connectivity index (χ0n) is 11.9. The normalized spacial score (nSPS) is 17.8. The maximum absolute atomic E-state index is 11.4. The number of rotatable bonds is 3. The highest BCUT2D eigenvalue weighted by Crippen LogP contribution is 2.26. The SMILES string of the molecule is COC1=CCC(c2cc3c(C)c(C(N)=O)cnn3c2)C=N1. The van der Waals surface area contributed by atoms with Crippen molar-refractivity contribution >= 4 is 17.6 Å². The number of ether oxygens (including phenoxy) is 1. The van der Waals surface area contributed by atoms with Crippen molar-refractivity contribution in [1.82, 2.24) is 9.61 Å². The Hall–Kier alpha value is -2.63. The second-order valence-electron chi connectivity index (χ2n) is 5.02. The lowest BCUT2D eigenvalue weighted by Crippen LogP contribution is -2.14. The molecule has 1 aliphatic rings. The molecule has 0 spiro atoms. The molecule has 0 aliphatic carbocycles. The van der Waals surface area contributed by atoms with Gasteiger partial charge in [0, 0.05) is 18.3 Å². The molecule has 1 atom stereocenters. The van der Waals surface area contributed by atoms with E-state index in [1.165, 1.54) is 6.20 Å². The second kappa shape index (κ2) is 5.05. The van der Waals surface area contributed by atoms with Crippen molar-refractivity contribution in [2.75, 3.05) is 7.11 Å². The molecule has 6 nitrogen and oxygen atoms in total. The van der Waals surface area contributed by atoms with Crippen LogP contribution in [0.1, 0.15) is 33.8 Å². The fraction of sp³-hybridized carbons (Fsp3) is 0.267. The summed E-state index contributed by atoms with van der Waals surface area (Å²) in [6, 6.07) is 2.02. The molecule has 2 aromatic heterocycles. The maximum Gasteiger partial charge on any atom is 0.250 e. The van der Waals surface area contributed by atoms with Gasteiger partial charge in [-0.25, -0.2) is 9.51 Å². The minimum atomic E-state index is -0.461. The molecule has 2 N–H and O–H groups in total. The van der Waals surface area contributed by atoms with Crippen LogP contribution >= 0.6 is 0 Å². The summed E-state index contributed by atoms with van der Waals surface area (Å²) in [6.45, 7) is 1.87. The van der Waals surface area contributed by atoms with E-state index in [1.807, 2.05) is 31.5 Å². The molecule has 3 rings (SSSR count). The summed E-state index contributed by atoms with van der Waals surface area (Å²) in [7, 11) is 1.61. The molecule has 0 radical (unpaired) electrons. The number of amides is 1. The van der Waals surface area contributed by atoms with Gasteiger partial charge in [-0.1, -0.05) is 0 Å². The molecule has 0 aromatic carbocycles. The number of hydrogen-bond acceptors (Lipinski definition) is 4. The Labute approximate surface area is 121 Å². The Morgan fingerprint density at radius 2 is 2.33 bits per heavy atom. The van der Waals surface area contributed by atoms with Gasteiger partial charge in [-0.05, 0) is 36.6 Å². The summed E-state index contributed by atoms with van der Waals surface area (Å²) in [4.78, 5) is 15.6. The number of nitrogens with two attached hydrogens (primary N) is 1. The number of methoxy groups -OCH3 is 1. The van der Waals surface area contributed by atoms with E-state index in [4.69, 9.17) is 10.5 Å². The van der Waals surface area contributed by atoms with Gasteiger partial charge in [0.1, 0.15) is 0 Å². The monoisotopic (exact) mass is 284 g/mol. The predicted molar refractivity (Wildman–Crippen MR) is 79.4 cm³/mol. The lowest BCUT2D eigenvalue weighted by atomic mass is 9.98. The number of nitrogens with zero attached hydrogens (tertiary/aromatic N) is 3. The molecule has 1 amide bonds. The van der Waals surface area contributed by atoms with Gasteiger partial charge in [0.2, 0.25) is 5.88 Å². The number of primary amides is 1. The number of hydrogen-bond donors (Lipinski definition) is 1. The van der Waals surface area contributed by atoms with Crippen molar-refractivity contribution in [3.8, 4) is 0 Å². The molecule has 0 fully saturated rings. The van der Waals surface area contributed by atoms with E-state index < -0.39 is 5.91 Å². The zero-order valence-corrected chi connectivity index (χ0v) is 11.9. The Balaban J connectivity index is 1.99. The number of allylic oxidation sites excluding steroid dienone is 1. The maximum atomic E-state index is 11.4. The van der Waals surface area contributed by atoms with Gasteiger partial charge in [0.15, 0.2) is 0 Å². The minimum absolute atomic E-state index is 0.182. The molecule has 6 heteroatoms. The van der Waals surface area contributed by atoms with Gasteiger partial charge >= 0.3 is 0 Å². The second-order valence-corrected chi connectivity index (χ2v) is 5.02. The number of carbonyl (C=O) groups is 1. The van der Waals surface area contributed by atoms with Gasteiger partial charge < -0.3 is 10.5 Å². The fourth-order valence-corrected chi connectivity index (χ4v) is 2.52. The number of fused-ring (bicyclic) bond motifs is 1. The molecule has 0 saturated carbocycles.